The van der Waals surface area contributed by atoms with Gasteiger partial charge in [0.05, 0.1) is 25.9 Å². The van der Waals surface area contributed by atoms with Gasteiger partial charge in [0.1, 0.15) is 11.6 Å². The van der Waals surface area contributed by atoms with Crippen molar-refractivity contribution in [2.75, 3.05) is 46.5 Å². The van der Waals surface area contributed by atoms with Crippen molar-refractivity contribution in [3.05, 3.63) is 65.0 Å². The largest absolute Gasteiger partial charge is 0.496 e. The molecule has 2 fully saturated rings. The van der Waals surface area contributed by atoms with Crippen molar-refractivity contribution in [1.82, 2.24) is 9.80 Å². The normalized spacial score (nSPS) is 20.2. The Labute approximate surface area is 178 Å². The number of aliphatic hydroxyl groups is 1. The molecule has 0 bridgehead atoms. The summed E-state index contributed by atoms with van der Waals surface area (Å²) in [6.07, 6.45) is 1.06. The molecule has 0 unspecified atom stereocenters. The summed E-state index contributed by atoms with van der Waals surface area (Å²) in [5, 5.41) is 11.0. The second kappa shape index (κ2) is 9.43. The van der Waals surface area contributed by atoms with E-state index >= 15 is 0 Å². The van der Waals surface area contributed by atoms with Gasteiger partial charge in [0, 0.05) is 50.4 Å². The molecule has 0 spiro atoms. The van der Waals surface area contributed by atoms with Gasteiger partial charge in [0.25, 0.3) is 0 Å². The molecule has 0 aliphatic carbocycles. The van der Waals surface area contributed by atoms with E-state index in [1.807, 2.05) is 6.07 Å². The molecule has 0 radical (unpaired) electrons. The molecular formula is C24H31FN2O3. The highest BCUT2D eigenvalue weighted by Crippen LogP contribution is 2.35. The molecule has 1 N–H and O–H groups in total. The highest BCUT2D eigenvalue weighted by Gasteiger charge is 2.35. The predicted octanol–water partition coefficient (Wildman–Crippen LogP) is 3.15. The molecule has 0 amide bonds. The summed E-state index contributed by atoms with van der Waals surface area (Å²) in [5.41, 5.74) is 1.76. The van der Waals surface area contributed by atoms with Crippen LogP contribution in [0.1, 0.15) is 29.5 Å². The number of ether oxygens (including phenoxy) is 2. The number of morpholine rings is 1. The standard InChI is InChI=1S/C24H31FN2O3/c1-29-23-7-6-19(16-20(23)18-27-12-14-30-15-13-27)17-26-10-8-24(28,9-11-26)21-4-2-3-5-22(21)25/h2-7,16,28H,8-15,17-18H2,1H3. The number of halogens is 1. The fraction of sp³-hybridized carbons (Fsp3) is 0.500. The maximum atomic E-state index is 14.2. The molecule has 5 nitrogen and oxygen atoms in total. The van der Waals surface area contributed by atoms with Crippen LogP contribution in [-0.2, 0) is 23.4 Å². The molecule has 162 valence electrons. The maximum absolute atomic E-state index is 14.2. The van der Waals surface area contributed by atoms with E-state index in [1.54, 1.807) is 25.3 Å². The SMILES string of the molecule is COc1ccc(CN2CCC(O)(c3ccccc3F)CC2)cc1CN1CCOCC1. The third-order valence-electron chi connectivity index (χ3n) is 6.31. The van der Waals surface area contributed by atoms with Gasteiger partial charge in [-0.2, -0.15) is 0 Å². The van der Waals surface area contributed by atoms with Crippen molar-refractivity contribution in [2.45, 2.75) is 31.5 Å². The minimum absolute atomic E-state index is 0.323. The zero-order valence-electron chi connectivity index (χ0n) is 17.6. The Morgan fingerprint density at radius 1 is 1.00 bits per heavy atom. The van der Waals surface area contributed by atoms with Gasteiger partial charge < -0.3 is 14.6 Å². The van der Waals surface area contributed by atoms with Crippen molar-refractivity contribution >= 4 is 0 Å². The topological polar surface area (TPSA) is 45.2 Å². The summed E-state index contributed by atoms with van der Waals surface area (Å²) < 4.78 is 25.2. The van der Waals surface area contributed by atoms with Crippen LogP contribution in [-0.4, -0.2) is 61.4 Å². The van der Waals surface area contributed by atoms with Gasteiger partial charge >= 0.3 is 0 Å². The van der Waals surface area contributed by atoms with E-state index in [-0.39, 0.29) is 5.82 Å². The molecule has 2 heterocycles. The van der Waals surface area contributed by atoms with Crippen LogP contribution in [0, 0.1) is 5.82 Å². The van der Waals surface area contributed by atoms with Crippen LogP contribution in [0.5, 0.6) is 5.75 Å². The Bertz CT molecular complexity index is 846. The average Bonchev–Trinajstić information content (AvgIpc) is 2.77. The first-order chi connectivity index (χ1) is 14.6. The van der Waals surface area contributed by atoms with E-state index in [0.717, 1.165) is 58.2 Å². The second-order valence-corrected chi connectivity index (χ2v) is 8.32. The fourth-order valence-corrected chi connectivity index (χ4v) is 4.50. The summed E-state index contributed by atoms with van der Waals surface area (Å²) in [4.78, 5) is 4.72. The van der Waals surface area contributed by atoms with Crippen LogP contribution in [0.15, 0.2) is 42.5 Å². The maximum Gasteiger partial charge on any atom is 0.129 e. The van der Waals surface area contributed by atoms with Gasteiger partial charge in [-0.25, -0.2) is 4.39 Å². The van der Waals surface area contributed by atoms with Crippen molar-refractivity contribution in [3.63, 3.8) is 0 Å². The molecule has 2 aliphatic rings. The number of nitrogens with zero attached hydrogens (tertiary/aromatic N) is 2. The molecule has 2 saturated heterocycles. The first-order valence-electron chi connectivity index (χ1n) is 10.7. The van der Waals surface area contributed by atoms with Crippen molar-refractivity contribution < 1.29 is 19.0 Å². The highest BCUT2D eigenvalue weighted by molar-refractivity contribution is 5.37. The van der Waals surface area contributed by atoms with Crippen molar-refractivity contribution in [3.8, 4) is 5.75 Å². The summed E-state index contributed by atoms with van der Waals surface area (Å²) in [5.74, 6) is 0.592. The summed E-state index contributed by atoms with van der Waals surface area (Å²) in [7, 11) is 1.71. The lowest BCUT2D eigenvalue weighted by atomic mass is 9.84. The van der Waals surface area contributed by atoms with Gasteiger partial charge in [-0.3, -0.25) is 9.80 Å². The highest BCUT2D eigenvalue weighted by atomic mass is 19.1. The van der Waals surface area contributed by atoms with Crippen LogP contribution < -0.4 is 4.74 Å². The predicted molar refractivity (Wildman–Crippen MR) is 114 cm³/mol. The van der Waals surface area contributed by atoms with E-state index in [4.69, 9.17) is 9.47 Å². The molecule has 2 aromatic rings. The van der Waals surface area contributed by atoms with E-state index in [0.29, 0.717) is 18.4 Å². The van der Waals surface area contributed by atoms with Gasteiger partial charge in [0.2, 0.25) is 0 Å². The van der Waals surface area contributed by atoms with Crippen LogP contribution in [0.2, 0.25) is 0 Å². The smallest absolute Gasteiger partial charge is 0.129 e. The Morgan fingerprint density at radius 2 is 1.70 bits per heavy atom. The first kappa shape index (κ1) is 21.2. The van der Waals surface area contributed by atoms with E-state index in [1.165, 1.54) is 17.2 Å². The number of hydrogen-bond acceptors (Lipinski definition) is 5. The minimum atomic E-state index is -1.08. The van der Waals surface area contributed by atoms with Crippen LogP contribution in [0.3, 0.4) is 0 Å². The van der Waals surface area contributed by atoms with E-state index < -0.39 is 5.60 Å². The molecule has 4 rings (SSSR count). The molecule has 0 atom stereocenters. The Hall–Kier alpha value is -1.99. The number of benzene rings is 2. The Balaban J connectivity index is 1.40. The van der Waals surface area contributed by atoms with E-state index in [9.17, 15) is 9.50 Å². The quantitative estimate of drug-likeness (QED) is 0.787. The fourth-order valence-electron chi connectivity index (χ4n) is 4.50. The lowest BCUT2D eigenvalue weighted by Gasteiger charge is -2.38. The molecule has 2 aromatic carbocycles. The van der Waals surface area contributed by atoms with Gasteiger partial charge in [-0.15, -0.1) is 0 Å². The Kier molecular flexibility index (Phi) is 6.68. The lowest BCUT2D eigenvalue weighted by molar-refractivity contribution is -0.0302. The third-order valence-corrected chi connectivity index (χ3v) is 6.31. The Morgan fingerprint density at radius 3 is 2.40 bits per heavy atom. The number of rotatable bonds is 6. The molecular weight excluding hydrogens is 383 g/mol. The van der Waals surface area contributed by atoms with Gasteiger partial charge in [-0.05, 0) is 36.6 Å². The zero-order chi connectivity index (χ0) is 21.0. The van der Waals surface area contributed by atoms with E-state index in [2.05, 4.69) is 21.9 Å². The minimum Gasteiger partial charge on any atom is -0.496 e. The summed E-state index contributed by atoms with van der Waals surface area (Å²) in [6.45, 7) is 6.57. The second-order valence-electron chi connectivity index (χ2n) is 8.32. The number of hydrogen-bond donors (Lipinski definition) is 1. The number of likely N-dealkylation sites (tertiary alicyclic amines) is 1. The van der Waals surface area contributed by atoms with Crippen LogP contribution in [0.4, 0.5) is 4.39 Å². The number of methoxy groups -OCH3 is 1. The molecule has 0 saturated carbocycles. The first-order valence-corrected chi connectivity index (χ1v) is 10.7. The molecule has 6 heteroatoms. The molecule has 0 aromatic heterocycles. The molecule has 2 aliphatic heterocycles. The van der Waals surface area contributed by atoms with Crippen molar-refractivity contribution in [2.24, 2.45) is 0 Å². The third kappa shape index (κ3) is 4.83. The monoisotopic (exact) mass is 414 g/mol. The number of piperidine rings is 1. The van der Waals surface area contributed by atoms with Crippen molar-refractivity contribution in [1.29, 1.82) is 0 Å². The van der Waals surface area contributed by atoms with Gasteiger partial charge in [0.15, 0.2) is 0 Å². The molecule has 30 heavy (non-hydrogen) atoms. The lowest BCUT2D eigenvalue weighted by Crippen LogP contribution is -2.42. The van der Waals surface area contributed by atoms with Gasteiger partial charge in [-0.1, -0.05) is 24.3 Å². The zero-order valence-corrected chi connectivity index (χ0v) is 17.6. The van der Waals surface area contributed by atoms with Crippen LogP contribution >= 0.6 is 0 Å². The average molecular weight is 415 g/mol. The summed E-state index contributed by atoms with van der Waals surface area (Å²) >= 11 is 0. The van der Waals surface area contributed by atoms with Crippen LogP contribution in [0.25, 0.3) is 0 Å². The summed E-state index contributed by atoms with van der Waals surface area (Å²) in [6, 6.07) is 13.0.